The third-order valence-corrected chi connectivity index (χ3v) is 5.14. The van der Waals surface area contributed by atoms with Crippen LogP contribution in [0.15, 0.2) is 46.3 Å². The maximum Gasteiger partial charge on any atom is 0.307 e. The average molecular weight is 413 g/mol. The minimum absolute atomic E-state index is 0.0484. The van der Waals surface area contributed by atoms with E-state index in [0.29, 0.717) is 23.3 Å². The molecule has 2 aromatic heterocycles. The second kappa shape index (κ2) is 9.47. The molecule has 2 heterocycles. The third-order valence-electron chi connectivity index (χ3n) is 4.27. The topological polar surface area (TPSA) is 94.3 Å². The molecule has 1 amide bonds. The normalized spacial score (nSPS) is 12.0. The van der Waals surface area contributed by atoms with Crippen LogP contribution in [0.25, 0.3) is 10.7 Å². The fraction of sp³-hybridized carbons (Fsp3) is 0.333. The Kier molecular flexibility index (Phi) is 6.77. The summed E-state index contributed by atoms with van der Waals surface area (Å²) in [5, 5.41) is 8.57. The standard InChI is InChI=1S/C21H23N3O4S/c1-13(2)15-6-8-16(9-7-15)22-21(26)14(3)27-19(25)11-10-18-23-20(24-28-18)17-5-4-12-29-17/h4-9,12-14H,10-11H2,1-3H3,(H,22,26)/t14-/m0/s1. The molecule has 7 nitrogen and oxygen atoms in total. The molecule has 0 spiro atoms. The Morgan fingerprint density at radius 3 is 2.59 bits per heavy atom. The van der Waals surface area contributed by atoms with Crippen LogP contribution in [-0.2, 0) is 20.7 Å². The molecule has 0 unspecified atom stereocenters. The van der Waals surface area contributed by atoms with Crippen molar-refractivity contribution in [2.45, 2.75) is 45.6 Å². The molecule has 1 aromatic carbocycles. The van der Waals surface area contributed by atoms with E-state index in [1.165, 1.54) is 23.8 Å². The summed E-state index contributed by atoms with van der Waals surface area (Å²) in [6, 6.07) is 11.4. The molecule has 3 rings (SSSR count). The maximum absolute atomic E-state index is 12.2. The molecule has 0 aliphatic carbocycles. The van der Waals surface area contributed by atoms with Gasteiger partial charge >= 0.3 is 5.97 Å². The third kappa shape index (κ3) is 5.74. The second-order valence-electron chi connectivity index (χ2n) is 6.89. The monoisotopic (exact) mass is 413 g/mol. The Morgan fingerprint density at radius 2 is 1.93 bits per heavy atom. The second-order valence-corrected chi connectivity index (χ2v) is 7.83. The van der Waals surface area contributed by atoms with E-state index >= 15 is 0 Å². The van der Waals surface area contributed by atoms with E-state index in [2.05, 4.69) is 29.3 Å². The zero-order valence-electron chi connectivity index (χ0n) is 16.5. The molecule has 1 N–H and O–H groups in total. The summed E-state index contributed by atoms with van der Waals surface area (Å²) in [5.41, 5.74) is 1.85. The molecule has 1 atom stereocenters. The Bertz CT molecular complexity index is 949. The fourth-order valence-electron chi connectivity index (χ4n) is 2.58. The number of rotatable bonds is 8. The van der Waals surface area contributed by atoms with Crippen molar-refractivity contribution >= 4 is 28.9 Å². The molecule has 29 heavy (non-hydrogen) atoms. The van der Waals surface area contributed by atoms with Gasteiger partial charge in [0.2, 0.25) is 11.7 Å². The maximum atomic E-state index is 12.2. The summed E-state index contributed by atoms with van der Waals surface area (Å²) in [7, 11) is 0. The zero-order valence-corrected chi connectivity index (χ0v) is 17.4. The van der Waals surface area contributed by atoms with Crippen LogP contribution in [-0.4, -0.2) is 28.1 Å². The number of hydrogen-bond acceptors (Lipinski definition) is 7. The van der Waals surface area contributed by atoms with Gasteiger partial charge in [0.1, 0.15) is 0 Å². The van der Waals surface area contributed by atoms with Gasteiger partial charge in [0.15, 0.2) is 6.10 Å². The molecule has 0 saturated carbocycles. The first-order valence-electron chi connectivity index (χ1n) is 9.39. The lowest BCUT2D eigenvalue weighted by molar-refractivity contribution is -0.153. The summed E-state index contributed by atoms with van der Waals surface area (Å²) in [6.45, 7) is 5.75. The number of carbonyl (C=O) groups is 2. The van der Waals surface area contributed by atoms with Gasteiger partial charge in [-0.15, -0.1) is 11.3 Å². The minimum atomic E-state index is -0.906. The van der Waals surface area contributed by atoms with Gasteiger partial charge in [-0.2, -0.15) is 4.98 Å². The fourth-order valence-corrected chi connectivity index (χ4v) is 3.23. The number of ether oxygens (including phenoxy) is 1. The van der Waals surface area contributed by atoms with E-state index in [4.69, 9.17) is 9.26 Å². The first kappa shape index (κ1) is 20.7. The van der Waals surface area contributed by atoms with E-state index in [1.54, 1.807) is 0 Å². The number of amides is 1. The summed E-state index contributed by atoms with van der Waals surface area (Å²) in [5.74, 6) is 0.388. The van der Waals surface area contributed by atoms with Crippen LogP contribution in [0.3, 0.4) is 0 Å². The SMILES string of the molecule is CC(C)c1ccc(NC(=O)[C@H](C)OC(=O)CCc2nc(-c3cccs3)no2)cc1. The average Bonchev–Trinajstić information content (AvgIpc) is 3.38. The smallest absolute Gasteiger partial charge is 0.307 e. The molecule has 0 aliphatic rings. The molecule has 152 valence electrons. The van der Waals surface area contributed by atoms with Gasteiger partial charge in [-0.05, 0) is 42.0 Å². The number of thiophene rings is 1. The minimum Gasteiger partial charge on any atom is -0.453 e. The first-order valence-corrected chi connectivity index (χ1v) is 10.3. The Labute approximate surface area is 173 Å². The number of hydrogen-bond donors (Lipinski definition) is 1. The highest BCUT2D eigenvalue weighted by Gasteiger charge is 2.19. The van der Waals surface area contributed by atoms with Crippen LogP contribution in [0, 0.1) is 0 Å². The van der Waals surface area contributed by atoms with Crippen LogP contribution >= 0.6 is 11.3 Å². The van der Waals surface area contributed by atoms with E-state index < -0.39 is 12.1 Å². The van der Waals surface area contributed by atoms with Crippen LogP contribution in [0.4, 0.5) is 5.69 Å². The van der Waals surface area contributed by atoms with Gasteiger partial charge < -0.3 is 14.6 Å². The molecule has 0 aliphatic heterocycles. The summed E-state index contributed by atoms with van der Waals surface area (Å²) in [6.07, 6.45) is -0.605. The van der Waals surface area contributed by atoms with E-state index in [9.17, 15) is 9.59 Å². The number of carbonyl (C=O) groups excluding carboxylic acids is 2. The van der Waals surface area contributed by atoms with Gasteiger partial charge in [-0.3, -0.25) is 9.59 Å². The van der Waals surface area contributed by atoms with Crippen molar-refractivity contribution in [2.24, 2.45) is 0 Å². The lowest BCUT2D eigenvalue weighted by Crippen LogP contribution is -2.30. The molecular weight excluding hydrogens is 390 g/mol. The van der Waals surface area contributed by atoms with Crippen LogP contribution in [0.1, 0.15) is 44.6 Å². The number of aromatic nitrogens is 2. The van der Waals surface area contributed by atoms with Crippen molar-refractivity contribution < 1.29 is 18.8 Å². The Morgan fingerprint density at radius 1 is 1.17 bits per heavy atom. The molecule has 0 bridgehead atoms. The highest BCUT2D eigenvalue weighted by atomic mass is 32.1. The zero-order chi connectivity index (χ0) is 20.8. The first-order chi connectivity index (χ1) is 13.9. The number of esters is 1. The largest absolute Gasteiger partial charge is 0.453 e. The van der Waals surface area contributed by atoms with Crippen LogP contribution in [0.5, 0.6) is 0 Å². The molecule has 3 aromatic rings. The van der Waals surface area contributed by atoms with Gasteiger partial charge in [-0.1, -0.05) is 37.2 Å². The van der Waals surface area contributed by atoms with Crippen molar-refractivity contribution in [3.8, 4) is 10.7 Å². The molecule has 0 fully saturated rings. The van der Waals surface area contributed by atoms with Crippen LogP contribution in [0.2, 0.25) is 0 Å². The van der Waals surface area contributed by atoms with Crippen molar-refractivity contribution in [1.82, 2.24) is 10.1 Å². The van der Waals surface area contributed by atoms with Gasteiger partial charge in [-0.25, -0.2) is 0 Å². The van der Waals surface area contributed by atoms with Crippen molar-refractivity contribution in [3.05, 3.63) is 53.2 Å². The number of anilines is 1. The van der Waals surface area contributed by atoms with Gasteiger partial charge in [0.25, 0.3) is 5.91 Å². The number of nitrogens with zero attached hydrogens (tertiary/aromatic N) is 2. The molecule has 8 heteroatoms. The lowest BCUT2D eigenvalue weighted by Gasteiger charge is -2.14. The van der Waals surface area contributed by atoms with E-state index in [0.717, 1.165) is 4.88 Å². The predicted octanol–water partition coefficient (Wildman–Crippen LogP) is 4.42. The van der Waals surface area contributed by atoms with Gasteiger partial charge in [0, 0.05) is 12.1 Å². The molecular formula is C21H23N3O4S. The lowest BCUT2D eigenvalue weighted by atomic mass is 10.0. The summed E-state index contributed by atoms with van der Waals surface area (Å²) in [4.78, 5) is 29.5. The van der Waals surface area contributed by atoms with E-state index in [-0.39, 0.29) is 18.7 Å². The Hall–Kier alpha value is -3.00. The van der Waals surface area contributed by atoms with E-state index in [1.807, 2.05) is 41.8 Å². The molecule has 0 radical (unpaired) electrons. The predicted molar refractivity (Wildman–Crippen MR) is 111 cm³/mol. The number of benzene rings is 1. The summed E-state index contributed by atoms with van der Waals surface area (Å²) >= 11 is 1.51. The molecule has 0 saturated heterocycles. The van der Waals surface area contributed by atoms with Gasteiger partial charge in [0.05, 0.1) is 11.3 Å². The van der Waals surface area contributed by atoms with Crippen LogP contribution < -0.4 is 5.32 Å². The Balaban J connectivity index is 1.45. The number of aryl methyl sites for hydroxylation is 1. The number of nitrogens with one attached hydrogen (secondary N) is 1. The summed E-state index contributed by atoms with van der Waals surface area (Å²) < 4.78 is 10.4. The highest BCUT2D eigenvalue weighted by molar-refractivity contribution is 7.13. The van der Waals surface area contributed by atoms with Crippen molar-refractivity contribution in [3.63, 3.8) is 0 Å². The quantitative estimate of drug-likeness (QED) is 0.549. The van der Waals surface area contributed by atoms with Crippen molar-refractivity contribution in [1.29, 1.82) is 0 Å². The van der Waals surface area contributed by atoms with Crippen molar-refractivity contribution in [2.75, 3.05) is 5.32 Å². The highest BCUT2D eigenvalue weighted by Crippen LogP contribution is 2.21.